The maximum atomic E-state index is 12.3. The molecule has 2 rings (SSSR count). The summed E-state index contributed by atoms with van der Waals surface area (Å²) in [6.45, 7) is 5.34. The molecule has 1 heterocycles. The number of carbonyl (C=O) groups excluding carboxylic acids is 1. The van der Waals surface area contributed by atoms with Crippen molar-refractivity contribution in [2.75, 3.05) is 13.6 Å². The van der Waals surface area contributed by atoms with Crippen LogP contribution in [0.1, 0.15) is 30.3 Å². The van der Waals surface area contributed by atoms with Crippen LogP contribution in [0.4, 0.5) is 0 Å². The number of nitrogens with one attached hydrogen (secondary N) is 1. The first-order valence-corrected chi connectivity index (χ1v) is 8.97. The summed E-state index contributed by atoms with van der Waals surface area (Å²) in [7, 11) is 1.95. The second-order valence-corrected chi connectivity index (χ2v) is 7.52. The number of likely N-dealkylation sites (N-methyl/N-ethyl adjacent to an activating group) is 1. The van der Waals surface area contributed by atoms with Crippen molar-refractivity contribution in [3.05, 3.63) is 57.2 Å². The van der Waals surface area contributed by atoms with Crippen LogP contribution in [-0.2, 0) is 11.3 Å². The minimum atomic E-state index is 0.0496. The van der Waals surface area contributed by atoms with Crippen LogP contribution in [-0.4, -0.2) is 24.4 Å². The van der Waals surface area contributed by atoms with Gasteiger partial charge < -0.3 is 5.32 Å². The van der Waals surface area contributed by atoms with Gasteiger partial charge in [-0.3, -0.25) is 9.69 Å². The zero-order chi connectivity index (χ0) is 16.8. The van der Waals surface area contributed by atoms with Gasteiger partial charge in [0.15, 0.2) is 0 Å². The Labute approximate surface area is 147 Å². The van der Waals surface area contributed by atoms with Gasteiger partial charge in [0.1, 0.15) is 0 Å². The molecule has 0 aliphatic carbocycles. The van der Waals surface area contributed by atoms with Crippen molar-refractivity contribution in [1.82, 2.24) is 10.2 Å². The SMILES string of the molecule is CC(C)[C@H](NC(=O)CN(C)Cc1ccc(Cl)cc1)c1cccs1. The van der Waals surface area contributed by atoms with E-state index in [1.165, 1.54) is 4.88 Å². The van der Waals surface area contributed by atoms with Gasteiger partial charge in [0, 0.05) is 16.4 Å². The number of halogens is 1. The number of hydrogen-bond acceptors (Lipinski definition) is 3. The molecule has 5 heteroatoms. The molecule has 0 saturated carbocycles. The quantitative estimate of drug-likeness (QED) is 0.805. The number of benzene rings is 1. The molecule has 0 spiro atoms. The second-order valence-electron chi connectivity index (χ2n) is 6.10. The van der Waals surface area contributed by atoms with Crippen LogP contribution in [0, 0.1) is 5.92 Å². The summed E-state index contributed by atoms with van der Waals surface area (Å²) < 4.78 is 0. The van der Waals surface area contributed by atoms with E-state index in [-0.39, 0.29) is 11.9 Å². The first-order valence-electron chi connectivity index (χ1n) is 7.71. The van der Waals surface area contributed by atoms with Crippen molar-refractivity contribution in [1.29, 1.82) is 0 Å². The van der Waals surface area contributed by atoms with Crippen molar-refractivity contribution >= 4 is 28.8 Å². The van der Waals surface area contributed by atoms with Crippen LogP contribution < -0.4 is 5.32 Å². The van der Waals surface area contributed by atoms with E-state index in [0.29, 0.717) is 12.5 Å². The van der Waals surface area contributed by atoms with E-state index in [4.69, 9.17) is 11.6 Å². The molecular weight excluding hydrogens is 328 g/mol. The third-order valence-corrected chi connectivity index (χ3v) is 4.82. The molecule has 1 amide bonds. The van der Waals surface area contributed by atoms with Gasteiger partial charge in [-0.25, -0.2) is 0 Å². The molecule has 0 bridgehead atoms. The largest absolute Gasteiger partial charge is 0.347 e. The smallest absolute Gasteiger partial charge is 0.234 e. The molecule has 1 aromatic carbocycles. The van der Waals surface area contributed by atoms with Gasteiger partial charge in [0.25, 0.3) is 0 Å². The van der Waals surface area contributed by atoms with E-state index >= 15 is 0 Å². The summed E-state index contributed by atoms with van der Waals surface area (Å²) in [6.07, 6.45) is 0. The number of amides is 1. The highest BCUT2D eigenvalue weighted by atomic mass is 35.5. The van der Waals surface area contributed by atoms with Gasteiger partial charge in [-0.2, -0.15) is 0 Å². The average molecular weight is 351 g/mol. The fourth-order valence-corrected chi connectivity index (χ4v) is 3.53. The normalized spacial score (nSPS) is 12.6. The summed E-state index contributed by atoms with van der Waals surface area (Å²) in [6, 6.07) is 11.9. The summed E-state index contributed by atoms with van der Waals surface area (Å²) in [5.74, 6) is 0.410. The Morgan fingerprint density at radius 1 is 1.26 bits per heavy atom. The minimum Gasteiger partial charge on any atom is -0.347 e. The molecule has 0 radical (unpaired) electrons. The predicted molar refractivity (Wildman–Crippen MR) is 97.8 cm³/mol. The molecule has 23 heavy (non-hydrogen) atoms. The highest BCUT2D eigenvalue weighted by Crippen LogP contribution is 2.25. The zero-order valence-electron chi connectivity index (χ0n) is 13.8. The van der Waals surface area contributed by atoms with Gasteiger partial charge in [-0.1, -0.05) is 43.6 Å². The molecule has 3 nitrogen and oxygen atoms in total. The van der Waals surface area contributed by atoms with E-state index < -0.39 is 0 Å². The van der Waals surface area contributed by atoms with Crippen molar-refractivity contribution in [2.45, 2.75) is 26.4 Å². The van der Waals surface area contributed by atoms with Crippen LogP contribution in [0.3, 0.4) is 0 Å². The Morgan fingerprint density at radius 3 is 2.52 bits per heavy atom. The molecule has 0 saturated heterocycles. The zero-order valence-corrected chi connectivity index (χ0v) is 15.3. The van der Waals surface area contributed by atoms with E-state index in [1.807, 2.05) is 47.7 Å². The Hall–Kier alpha value is -1.36. The van der Waals surface area contributed by atoms with Gasteiger partial charge in [-0.05, 0) is 42.1 Å². The van der Waals surface area contributed by atoms with Gasteiger partial charge in [0.2, 0.25) is 5.91 Å². The lowest BCUT2D eigenvalue weighted by atomic mass is 10.0. The van der Waals surface area contributed by atoms with Crippen molar-refractivity contribution in [3.8, 4) is 0 Å². The fourth-order valence-electron chi connectivity index (χ4n) is 2.46. The lowest BCUT2D eigenvalue weighted by molar-refractivity contribution is -0.123. The van der Waals surface area contributed by atoms with Gasteiger partial charge >= 0.3 is 0 Å². The lowest BCUT2D eigenvalue weighted by Gasteiger charge is -2.23. The van der Waals surface area contributed by atoms with Crippen LogP contribution in [0.5, 0.6) is 0 Å². The molecule has 0 aliphatic rings. The molecule has 1 N–H and O–H groups in total. The number of thiophene rings is 1. The number of hydrogen-bond donors (Lipinski definition) is 1. The third-order valence-electron chi connectivity index (χ3n) is 3.61. The molecule has 2 aromatic rings. The van der Waals surface area contributed by atoms with Crippen LogP contribution in [0.25, 0.3) is 0 Å². The second kappa shape index (κ2) is 8.48. The first kappa shape index (κ1) is 18.0. The van der Waals surface area contributed by atoms with E-state index in [0.717, 1.165) is 17.1 Å². The van der Waals surface area contributed by atoms with Crippen LogP contribution >= 0.6 is 22.9 Å². The molecule has 1 aromatic heterocycles. The Balaban J connectivity index is 1.88. The van der Waals surface area contributed by atoms with Crippen molar-refractivity contribution < 1.29 is 4.79 Å². The highest BCUT2D eigenvalue weighted by molar-refractivity contribution is 7.10. The summed E-state index contributed by atoms with van der Waals surface area (Å²) >= 11 is 7.57. The maximum absolute atomic E-state index is 12.3. The van der Waals surface area contributed by atoms with Crippen molar-refractivity contribution in [3.63, 3.8) is 0 Å². The Kier molecular flexibility index (Phi) is 6.63. The molecule has 0 aliphatic heterocycles. The molecule has 1 atom stereocenters. The Morgan fingerprint density at radius 2 is 1.96 bits per heavy atom. The summed E-state index contributed by atoms with van der Waals surface area (Å²) in [4.78, 5) is 15.5. The van der Waals surface area contributed by atoms with E-state index in [9.17, 15) is 4.79 Å². The first-order chi connectivity index (χ1) is 11.0. The third kappa shape index (κ3) is 5.65. The van der Waals surface area contributed by atoms with Crippen molar-refractivity contribution in [2.24, 2.45) is 5.92 Å². The van der Waals surface area contributed by atoms with E-state index in [1.54, 1.807) is 11.3 Å². The van der Waals surface area contributed by atoms with Gasteiger partial charge in [0.05, 0.1) is 12.6 Å². The number of rotatable bonds is 7. The molecule has 0 fully saturated rings. The lowest BCUT2D eigenvalue weighted by Crippen LogP contribution is -2.38. The Bertz CT molecular complexity index is 610. The van der Waals surface area contributed by atoms with Crippen LogP contribution in [0.2, 0.25) is 5.02 Å². The maximum Gasteiger partial charge on any atom is 0.234 e. The monoisotopic (exact) mass is 350 g/mol. The number of nitrogens with zero attached hydrogens (tertiary/aromatic N) is 1. The summed E-state index contributed by atoms with van der Waals surface area (Å²) in [5.41, 5.74) is 1.14. The summed E-state index contributed by atoms with van der Waals surface area (Å²) in [5, 5.41) is 5.93. The van der Waals surface area contributed by atoms with Crippen LogP contribution in [0.15, 0.2) is 41.8 Å². The highest BCUT2D eigenvalue weighted by Gasteiger charge is 2.19. The average Bonchev–Trinajstić information content (AvgIpc) is 3.00. The van der Waals surface area contributed by atoms with Gasteiger partial charge in [-0.15, -0.1) is 11.3 Å². The standard InChI is InChI=1S/C18H23ClN2OS/c1-13(2)18(16-5-4-10-23-16)20-17(22)12-21(3)11-14-6-8-15(19)9-7-14/h4-10,13,18H,11-12H2,1-3H3,(H,20,22)/t18-/m0/s1. The predicted octanol–water partition coefficient (Wildman–Crippen LogP) is 4.35. The molecular formula is C18H23ClN2OS. The topological polar surface area (TPSA) is 32.3 Å². The van der Waals surface area contributed by atoms with E-state index in [2.05, 4.69) is 25.2 Å². The minimum absolute atomic E-state index is 0.0496. The molecule has 0 unspecified atom stereocenters. The fraction of sp³-hybridized carbons (Fsp3) is 0.389. The number of carbonyl (C=O) groups is 1. The molecule has 124 valence electrons.